The number of nitrogens with one attached hydrogen (secondary N) is 3. The Morgan fingerprint density at radius 3 is 2.62 bits per heavy atom. The summed E-state index contributed by atoms with van der Waals surface area (Å²) in [6, 6.07) is 13.1. The van der Waals surface area contributed by atoms with Gasteiger partial charge in [0.1, 0.15) is 0 Å². The molecule has 0 bridgehead atoms. The quantitative estimate of drug-likeness (QED) is 0.561. The first-order valence-electron chi connectivity index (χ1n) is 8.00. The summed E-state index contributed by atoms with van der Waals surface area (Å²) in [5.74, 6) is -1.26. The Labute approximate surface area is 148 Å². The minimum Gasteiger partial charge on any atom is -0.481 e. The first-order valence-corrected chi connectivity index (χ1v) is 8.00. The van der Waals surface area contributed by atoms with Crippen molar-refractivity contribution in [2.24, 2.45) is 0 Å². The summed E-state index contributed by atoms with van der Waals surface area (Å²) in [5, 5.41) is 12.8. The summed E-state index contributed by atoms with van der Waals surface area (Å²) in [7, 11) is 0. The zero-order chi connectivity index (χ0) is 18.4. The molecule has 3 rings (SSSR count). The Balaban J connectivity index is 1.40. The van der Waals surface area contributed by atoms with E-state index < -0.39 is 11.7 Å². The number of hydrogen-bond donors (Lipinski definition) is 3. The minimum atomic E-state index is -0.529. The molecule has 2 aromatic carbocycles. The van der Waals surface area contributed by atoms with E-state index >= 15 is 0 Å². The molecule has 0 unspecified atom stereocenters. The standard InChI is InChI=1S/C18H17FN4O3/c19-13-6-2-4-8-15(13)26-11-16(24)20-9-10-21-18(25)17-12-5-1-3-7-14(12)22-23-17/h1-8H,9-11H2,(H,20,24)(H,21,25)(H,22,23). The molecule has 0 aliphatic rings. The molecule has 0 atom stereocenters. The number of rotatable bonds is 7. The number of benzene rings is 2. The summed E-state index contributed by atoms with van der Waals surface area (Å²) >= 11 is 0. The maximum atomic E-state index is 13.4. The van der Waals surface area contributed by atoms with Crippen LogP contribution in [0.1, 0.15) is 10.5 Å². The van der Waals surface area contributed by atoms with Crippen LogP contribution in [0.15, 0.2) is 48.5 Å². The number of fused-ring (bicyclic) bond motifs is 1. The van der Waals surface area contributed by atoms with Gasteiger partial charge >= 0.3 is 0 Å². The average molecular weight is 356 g/mol. The normalized spacial score (nSPS) is 10.5. The maximum absolute atomic E-state index is 13.4. The van der Waals surface area contributed by atoms with Crippen LogP contribution < -0.4 is 15.4 Å². The minimum absolute atomic E-state index is 0.0152. The lowest BCUT2D eigenvalue weighted by molar-refractivity contribution is -0.123. The van der Waals surface area contributed by atoms with Gasteiger partial charge in [-0.25, -0.2) is 4.39 Å². The summed E-state index contributed by atoms with van der Waals surface area (Å²) in [6.07, 6.45) is 0. The molecule has 26 heavy (non-hydrogen) atoms. The highest BCUT2D eigenvalue weighted by Gasteiger charge is 2.13. The van der Waals surface area contributed by atoms with Crippen molar-refractivity contribution >= 4 is 22.7 Å². The second-order valence-electron chi connectivity index (χ2n) is 5.44. The lowest BCUT2D eigenvalue weighted by Crippen LogP contribution is -2.37. The third kappa shape index (κ3) is 4.15. The fourth-order valence-corrected chi connectivity index (χ4v) is 2.35. The van der Waals surface area contributed by atoms with E-state index in [1.54, 1.807) is 12.1 Å². The van der Waals surface area contributed by atoms with Gasteiger partial charge in [-0.1, -0.05) is 30.3 Å². The van der Waals surface area contributed by atoms with Crippen molar-refractivity contribution in [3.63, 3.8) is 0 Å². The van der Waals surface area contributed by atoms with Gasteiger partial charge in [0.05, 0.1) is 5.52 Å². The van der Waals surface area contributed by atoms with E-state index in [0.717, 1.165) is 10.9 Å². The van der Waals surface area contributed by atoms with Gasteiger partial charge in [-0.2, -0.15) is 5.10 Å². The molecule has 134 valence electrons. The van der Waals surface area contributed by atoms with E-state index in [-0.39, 0.29) is 31.4 Å². The SMILES string of the molecule is O=C(COc1ccccc1F)NCCNC(=O)c1n[nH]c2ccccc12. The Hall–Kier alpha value is -3.42. The van der Waals surface area contributed by atoms with Gasteiger partial charge in [0.15, 0.2) is 23.9 Å². The number of carbonyl (C=O) groups is 2. The molecule has 0 fully saturated rings. The number of carbonyl (C=O) groups excluding carboxylic acids is 2. The number of hydrogen-bond acceptors (Lipinski definition) is 4. The number of H-pyrrole nitrogens is 1. The highest BCUT2D eigenvalue weighted by atomic mass is 19.1. The highest BCUT2D eigenvalue weighted by Crippen LogP contribution is 2.15. The van der Waals surface area contributed by atoms with Crippen molar-refractivity contribution in [2.45, 2.75) is 0 Å². The number of aromatic nitrogens is 2. The van der Waals surface area contributed by atoms with Crippen molar-refractivity contribution in [3.8, 4) is 5.75 Å². The maximum Gasteiger partial charge on any atom is 0.272 e. The zero-order valence-electron chi connectivity index (χ0n) is 13.8. The first kappa shape index (κ1) is 17.4. The molecule has 1 heterocycles. The van der Waals surface area contributed by atoms with Gasteiger partial charge < -0.3 is 15.4 Å². The van der Waals surface area contributed by atoms with Crippen LogP contribution in [0.5, 0.6) is 5.75 Å². The van der Waals surface area contributed by atoms with E-state index in [0.29, 0.717) is 5.69 Å². The first-order chi connectivity index (χ1) is 12.6. The second kappa shape index (κ2) is 8.11. The van der Waals surface area contributed by atoms with Gasteiger partial charge in [0.25, 0.3) is 11.8 Å². The molecule has 0 aliphatic carbocycles. The predicted molar refractivity (Wildman–Crippen MR) is 93.3 cm³/mol. The molecule has 8 heteroatoms. The largest absolute Gasteiger partial charge is 0.481 e. The Kier molecular flexibility index (Phi) is 5.43. The van der Waals surface area contributed by atoms with Crippen molar-refractivity contribution in [3.05, 3.63) is 60.0 Å². The molecule has 1 aromatic heterocycles. The molecule has 2 amide bonds. The van der Waals surface area contributed by atoms with Crippen molar-refractivity contribution in [1.82, 2.24) is 20.8 Å². The fourth-order valence-electron chi connectivity index (χ4n) is 2.35. The Morgan fingerprint density at radius 1 is 1.04 bits per heavy atom. The summed E-state index contributed by atoms with van der Waals surface area (Å²) < 4.78 is 18.5. The molecule has 0 spiro atoms. The predicted octanol–water partition coefficient (Wildman–Crippen LogP) is 1.63. The summed E-state index contributed by atoms with van der Waals surface area (Å²) in [4.78, 5) is 23.8. The van der Waals surface area contributed by atoms with Gasteiger partial charge in [0, 0.05) is 18.5 Å². The van der Waals surface area contributed by atoms with Gasteiger partial charge in [-0.05, 0) is 18.2 Å². The van der Waals surface area contributed by atoms with Crippen LogP contribution in [-0.2, 0) is 4.79 Å². The monoisotopic (exact) mass is 356 g/mol. The molecule has 3 N–H and O–H groups in total. The zero-order valence-corrected chi connectivity index (χ0v) is 13.8. The number of amides is 2. The molecule has 0 saturated carbocycles. The van der Waals surface area contributed by atoms with Crippen molar-refractivity contribution < 1.29 is 18.7 Å². The van der Waals surface area contributed by atoms with E-state index in [1.165, 1.54) is 18.2 Å². The fraction of sp³-hybridized carbons (Fsp3) is 0.167. The van der Waals surface area contributed by atoms with Crippen LogP contribution in [0.3, 0.4) is 0 Å². The topological polar surface area (TPSA) is 96.1 Å². The average Bonchev–Trinajstić information content (AvgIpc) is 3.08. The van der Waals surface area contributed by atoms with Gasteiger partial charge in [0.2, 0.25) is 0 Å². The molecule has 0 aliphatic heterocycles. The second-order valence-corrected chi connectivity index (χ2v) is 5.44. The van der Waals surface area contributed by atoms with E-state index in [2.05, 4.69) is 20.8 Å². The lowest BCUT2D eigenvalue weighted by atomic mass is 10.2. The number of aromatic amines is 1. The van der Waals surface area contributed by atoms with E-state index in [4.69, 9.17) is 4.74 Å². The third-order valence-electron chi connectivity index (χ3n) is 3.61. The molecular weight excluding hydrogens is 339 g/mol. The molecular formula is C18H17FN4O3. The molecule has 0 saturated heterocycles. The summed E-state index contributed by atoms with van der Waals surface area (Å²) in [5.41, 5.74) is 1.08. The van der Waals surface area contributed by atoms with Gasteiger partial charge in [-0.3, -0.25) is 14.7 Å². The Bertz CT molecular complexity index is 925. The van der Waals surface area contributed by atoms with Crippen LogP contribution in [0.4, 0.5) is 4.39 Å². The Morgan fingerprint density at radius 2 is 1.77 bits per heavy atom. The molecule has 3 aromatic rings. The van der Waals surface area contributed by atoms with Gasteiger partial charge in [-0.15, -0.1) is 0 Å². The highest BCUT2D eigenvalue weighted by molar-refractivity contribution is 6.04. The van der Waals surface area contributed by atoms with Crippen molar-refractivity contribution in [2.75, 3.05) is 19.7 Å². The van der Waals surface area contributed by atoms with Crippen LogP contribution in [0.2, 0.25) is 0 Å². The number of para-hydroxylation sites is 2. The number of halogens is 1. The molecule has 7 nitrogen and oxygen atoms in total. The van der Waals surface area contributed by atoms with Crippen LogP contribution in [0, 0.1) is 5.82 Å². The van der Waals surface area contributed by atoms with Crippen LogP contribution in [-0.4, -0.2) is 41.7 Å². The third-order valence-corrected chi connectivity index (χ3v) is 3.61. The van der Waals surface area contributed by atoms with Crippen LogP contribution >= 0.6 is 0 Å². The summed E-state index contributed by atoms with van der Waals surface area (Å²) in [6.45, 7) is 0.137. The van der Waals surface area contributed by atoms with E-state index in [9.17, 15) is 14.0 Å². The number of nitrogens with zero attached hydrogens (tertiary/aromatic N) is 1. The lowest BCUT2D eigenvalue weighted by Gasteiger charge is -2.08. The smallest absolute Gasteiger partial charge is 0.272 e. The molecule has 0 radical (unpaired) electrons. The number of ether oxygens (including phenoxy) is 1. The van der Waals surface area contributed by atoms with Crippen molar-refractivity contribution in [1.29, 1.82) is 0 Å². The van der Waals surface area contributed by atoms with Crippen LogP contribution in [0.25, 0.3) is 10.9 Å². The van der Waals surface area contributed by atoms with E-state index in [1.807, 2.05) is 18.2 Å².